The first kappa shape index (κ1) is 12.0. The van der Waals surface area contributed by atoms with Crippen LogP contribution in [0.1, 0.15) is 47.5 Å². The zero-order valence-electron chi connectivity index (χ0n) is 9.96. The van der Waals surface area contributed by atoms with Gasteiger partial charge < -0.3 is 0 Å². The third kappa shape index (κ3) is 2.13. The Morgan fingerprint density at radius 3 is 2.14 bits per heavy atom. The Labute approximate surface area is 88.5 Å². The van der Waals surface area contributed by atoms with E-state index in [0.29, 0.717) is 5.92 Å². The predicted octanol–water partition coefficient (Wildman–Crippen LogP) is 3.27. The molecule has 0 aromatic carbocycles. The summed E-state index contributed by atoms with van der Waals surface area (Å²) in [6.45, 7) is 10.4. The van der Waals surface area contributed by atoms with Gasteiger partial charge in [0.1, 0.15) is 0 Å². The van der Waals surface area contributed by atoms with E-state index in [0.717, 1.165) is 12.8 Å². The van der Waals surface area contributed by atoms with Gasteiger partial charge in [0.2, 0.25) is 0 Å². The first-order valence-corrected chi connectivity index (χ1v) is 7.12. The van der Waals surface area contributed by atoms with Crippen LogP contribution in [0.4, 0.5) is 0 Å². The summed E-state index contributed by atoms with van der Waals surface area (Å²) < 4.78 is 20.3. The average molecular weight is 217 g/mol. The van der Waals surface area contributed by atoms with Gasteiger partial charge in [-0.1, -0.05) is 34.6 Å². The number of rotatable bonds is 2. The summed E-state index contributed by atoms with van der Waals surface area (Å²) in [7, 11) is -2.40. The van der Waals surface area contributed by atoms with Crippen LogP contribution >= 0.6 is 0 Å². The van der Waals surface area contributed by atoms with Crippen LogP contribution in [0.3, 0.4) is 0 Å². The van der Waals surface area contributed by atoms with Crippen molar-refractivity contribution >= 4 is 9.73 Å². The van der Waals surface area contributed by atoms with Crippen molar-refractivity contribution in [2.45, 2.75) is 58.0 Å². The van der Waals surface area contributed by atoms with E-state index in [1.165, 1.54) is 0 Å². The van der Waals surface area contributed by atoms with Gasteiger partial charge in [-0.15, -0.1) is 0 Å². The van der Waals surface area contributed by atoms with Crippen molar-refractivity contribution in [1.82, 2.24) is 0 Å². The topological polar surface area (TPSA) is 40.9 Å². The van der Waals surface area contributed by atoms with Crippen LogP contribution in [0.5, 0.6) is 0 Å². The molecule has 3 heteroatoms. The lowest BCUT2D eigenvalue weighted by molar-refractivity contribution is 0.366. The van der Waals surface area contributed by atoms with Crippen LogP contribution in [0.25, 0.3) is 0 Å². The maximum Gasteiger partial charge on any atom is 0.0497 e. The van der Waals surface area contributed by atoms with Crippen molar-refractivity contribution < 1.29 is 4.21 Å². The second-order valence-corrected chi connectivity index (χ2v) is 8.63. The molecule has 0 heterocycles. The fourth-order valence-corrected chi connectivity index (χ4v) is 4.84. The molecule has 1 aliphatic rings. The van der Waals surface area contributed by atoms with Gasteiger partial charge in [0.05, 0.1) is 0 Å². The normalized spacial score (nSPS) is 35.9. The quantitative estimate of drug-likeness (QED) is 0.757. The molecular weight excluding hydrogens is 194 g/mol. The Morgan fingerprint density at radius 1 is 1.36 bits per heavy atom. The van der Waals surface area contributed by atoms with Gasteiger partial charge in [0.15, 0.2) is 0 Å². The summed E-state index contributed by atoms with van der Waals surface area (Å²) in [6.07, 6.45) is 2.06. The summed E-state index contributed by atoms with van der Waals surface area (Å²) in [5, 5.41) is 0.0985. The van der Waals surface area contributed by atoms with Crippen molar-refractivity contribution in [2.75, 3.05) is 0 Å². The SMILES string of the molecule is CC1CC(C)(C)CC1S(=N)(=O)C(C)C. The van der Waals surface area contributed by atoms with Gasteiger partial charge in [-0.05, 0) is 24.2 Å². The molecule has 1 saturated carbocycles. The third-order valence-corrected chi connectivity index (χ3v) is 6.34. The van der Waals surface area contributed by atoms with E-state index in [1.807, 2.05) is 13.8 Å². The number of hydrogen-bond donors (Lipinski definition) is 1. The first-order chi connectivity index (χ1) is 6.17. The molecule has 14 heavy (non-hydrogen) atoms. The van der Waals surface area contributed by atoms with E-state index < -0.39 is 9.73 Å². The Balaban J connectivity index is 2.92. The highest BCUT2D eigenvalue weighted by Gasteiger charge is 2.42. The molecule has 0 aromatic rings. The lowest BCUT2D eigenvalue weighted by Crippen LogP contribution is -2.29. The maximum atomic E-state index is 12.3. The molecule has 1 rings (SSSR count). The summed E-state index contributed by atoms with van der Waals surface area (Å²) in [5.74, 6) is 0.442. The molecule has 0 bridgehead atoms. The van der Waals surface area contributed by atoms with Gasteiger partial charge in [0.25, 0.3) is 0 Å². The minimum atomic E-state index is -2.40. The molecule has 0 amide bonds. The lowest BCUT2D eigenvalue weighted by Gasteiger charge is -2.22. The predicted molar refractivity (Wildman–Crippen MR) is 62.0 cm³/mol. The molecule has 0 spiro atoms. The molecule has 3 atom stereocenters. The number of nitrogens with one attached hydrogen (secondary N) is 1. The molecule has 0 aromatic heterocycles. The smallest absolute Gasteiger partial charge is 0.0497 e. The molecule has 2 nitrogen and oxygen atoms in total. The summed E-state index contributed by atoms with van der Waals surface area (Å²) in [5.41, 5.74) is 0.280. The van der Waals surface area contributed by atoms with Crippen molar-refractivity contribution in [3.63, 3.8) is 0 Å². The van der Waals surface area contributed by atoms with Gasteiger partial charge >= 0.3 is 0 Å². The molecule has 0 aliphatic heterocycles. The zero-order valence-corrected chi connectivity index (χ0v) is 10.8. The molecule has 84 valence electrons. The van der Waals surface area contributed by atoms with Gasteiger partial charge in [0, 0.05) is 20.2 Å². The van der Waals surface area contributed by atoms with E-state index in [1.54, 1.807) is 0 Å². The summed E-state index contributed by atoms with van der Waals surface area (Å²) in [4.78, 5) is 0. The van der Waals surface area contributed by atoms with Crippen molar-refractivity contribution in [1.29, 1.82) is 4.78 Å². The van der Waals surface area contributed by atoms with E-state index in [4.69, 9.17) is 4.78 Å². The van der Waals surface area contributed by atoms with Crippen LogP contribution < -0.4 is 0 Å². The lowest BCUT2D eigenvalue weighted by atomic mass is 9.91. The summed E-state index contributed by atoms with van der Waals surface area (Å²) in [6, 6.07) is 0. The Hall–Kier alpha value is -0.0500. The van der Waals surface area contributed by atoms with Crippen LogP contribution in [-0.2, 0) is 9.73 Å². The van der Waals surface area contributed by atoms with E-state index >= 15 is 0 Å². The summed E-state index contributed by atoms with van der Waals surface area (Å²) >= 11 is 0. The minimum absolute atomic E-state index is 0.0103. The maximum absolute atomic E-state index is 12.3. The van der Waals surface area contributed by atoms with Crippen LogP contribution in [0.15, 0.2) is 0 Å². The van der Waals surface area contributed by atoms with E-state index in [2.05, 4.69) is 20.8 Å². The molecule has 1 fully saturated rings. The second-order valence-electron chi connectivity index (χ2n) is 5.78. The Kier molecular flexibility index (Phi) is 3.01. The molecule has 1 N–H and O–H groups in total. The number of hydrogen-bond acceptors (Lipinski definition) is 2. The Bertz CT molecular complexity index is 303. The van der Waals surface area contributed by atoms with Crippen LogP contribution in [0, 0.1) is 16.1 Å². The largest absolute Gasteiger partial charge is 0.252 e. The van der Waals surface area contributed by atoms with Gasteiger partial charge in [-0.2, -0.15) is 0 Å². The van der Waals surface area contributed by atoms with Crippen molar-refractivity contribution in [2.24, 2.45) is 11.3 Å². The molecule has 3 unspecified atom stereocenters. The highest BCUT2D eigenvalue weighted by atomic mass is 32.2. The first-order valence-electron chi connectivity index (χ1n) is 5.43. The highest BCUT2D eigenvalue weighted by Crippen LogP contribution is 2.44. The monoisotopic (exact) mass is 217 g/mol. The molecule has 0 radical (unpaired) electrons. The fraction of sp³-hybridized carbons (Fsp3) is 1.00. The van der Waals surface area contributed by atoms with Crippen LogP contribution in [0.2, 0.25) is 0 Å². The van der Waals surface area contributed by atoms with Crippen molar-refractivity contribution in [3.05, 3.63) is 0 Å². The zero-order chi connectivity index (χ0) is 11.1. The van der Waals surface area contributed by atoms with E-state index in [-0.39, 0.29) is 15.9 Å². The van der Waals surface area contributed by atoms with Crippen molar-refractivity contribution in [3.8, 4) is 0 Å². The van der Waals surface area contributed by atoms with Gasteiger partial charge in [-0.25, -0.2) is 4.21 Å². The standard InChI is InChI=1S/C11H23NOS/c1-8(2)14(12,13)10-7-11(4,5)6-9(10)3/h8-10,12H,6-7H2,1-5H3. The third-order valence-electron chi connectivity index (χ3n) is 3.41. The molecular formula is C11H23NOS. The second kappa shape index (κ2) is 3.51. The fourth-order valence-electron chi connectivity index (χ4n) is 2.65. The molecule has 1 aliphatic carbocycles. The minimum Gasteiger partial charge on any atom is -0.252 e. The average Bonchev–Trinajstić information content (AvgIpc) is 2.24. The van der Waals surface area contributed by atoms with Crippen LogP contribution in [-0.4, -0.2) is 14.7 Å². The van der Waals surface area contributed by atoms with Gasteiger partial charge in [-0.3, -0.25) is 4.78 Å². The van der Waals surface area contributed by atoms with E-state index in [9.17, 15) is 4.21 Å². The Morgan fingerprint density at radius 2 is 1.86 bits per heavy atom. The highest BCUT2D eigenvalue weighted by molar-refractivity contribution is 7.93. The molecule has 0 saturated heterocycles.